The zero-order valence-electron chi connectivity index (χ0n) is 19.4. The summed E-state index contributed by atoms with van der Waals surface area (Å²) in [5.41, 5.74) is 1.85. The van der Waals surface area contributed by atoms with Crippen molar-refractivity contribution < 1.29 is 17.9 Å². The van der Waals surface area contributed by atoms with Crippen LogP contribution in [0, 0.1) is 6.92 Å². The maximum atomic E-state index is 13.5. The minimum atomic E-state index is -4.45. The zero-order valence-corrected chi connectivity index (χ0v) is 19.4. The van der Waals surface area contributed by atoms with Crippen LogP contribution in [0.5, 0.6) is 0 Å². The molecule has 2 aliphatic rings. The Balaban J connectivity index is 1.41. The second-order valence-electron chi connectivity index (χ2n) is 8.55. The first kappa shape index (κ1) is 23.3. The number of hydrogen-bond donors (Lipinski definition) is 0. The number of aromatic nitrogens is 4. The Labute approximate surface area is 201 Å². The van der Waals surface area contributed by atoms with Crippen LogP contribution in [0.4, 0.5) is 30.8 Å². The molecule has 0 N–H and O–H groups in total. The lowest BCUT2D eigenvalue weighted by atomic mass is 10.1. The summed E-state index contributed by atoms with van der Waals surface area (Å²) in [6.45, 7) is 6.37. The molecule has 3 aromatic heterocycles. The predicted octanol–water partition coefficient (Wildman–Crippen LogP) is 3.42. The molecule has 2 fully saturated rings. The van der Waals surface area contributed by atoms with Crippen molar-refractivity contribution in [2.24, 2.45) is 0 Å². The van der Waals surface area contributed by atoms with Gasteiger partial charge in [-0.3, -0.25) is 4.98 Å². The highest BCUT2D eigenvalue weighted by Gasteiger charge is 2.36. The van der Waals surface area contributed by atoms with Gasteiger partial charge in [0.15, 0.2) is 0 Å². The van der Waals surface area contributed by atoms with Crippen LogP contribution in [0.1, 0.15) is 11.3 Å². The second-order valence-corrected chi connectivity index (χ2v) is 8.55. The van der Waals surface area contributed by atoms with E-state index in [0.717, 1.165) is 28.8 Å². The molecule has 5 heterocycles. The van der Waals surface area contributed by atoms with Gasteiger partial charge < -0.3 is 19.4 Å². The molecule has 3 aromatic rings. The van der Waals surface area contributed by atoms with E-state index in [1.165, 1.54) is 12.3 Å². The van der Waals surface area contributed by atoms with E-state index < -0.39 is 11.7 Å². The van der Waals surface area contributed by atoms with Crippen molar-refractivity contribution in [3.05, 3.63) is 54.0 Å². The van der Waals surface area contributed by atoms with E-state index in [9.17, 15) is 13.2 Å². The van der Waals surface area contributed by atoms with Crippen molar-refractivity contribution >= 4 is 17.6 Å². The molecule has 2 aliphatic heterocycles. The number of halogens is 3. The number of aryl methyl sites for hydroxylation is 1. The van der Waals surface area contributed by atoms with Gasteiger partial charge >= 0.3 is 6.18 Å². The summed E-state index contributed by atoms with van der Waals surface area (Å²) >= 11 is 0. The smallest absolute Gasteiger partial charge is 0.378 e. The molecule has 0 unspecified atom stereocenters. The maximum absolute atomic E-state index is 13.5. The summed E-state index contributed by atoms with van der Waals surface area (Å²) in [7, 11) is 0. The number of morpholine rings is 1. The fraction of sp³-hybridized carbons (Fsp3) is 0.417. The normalized spacial score (nSPS) is 17.1. The molecular weight excluding hydrogens is 459 g/mol. The van der Waals surface area contributed by atoms with Crippen LogP contribution in [0.3, 0.4) is 0 Å². The van der Waals surface area contributed by atoms with Gasteiger partial charge in [-0.15, -0.1) is 0 Å². The van der Waals surface area contributed by atoms with Gasteiger partial charge in [0.05, 0.1) is 24.5 Å². The van der Waals surface area contributed by atoms with Crippen LogP contribution < -0.4 is 14.7 Å². The SMILES string of the molecule is Cc1ccc(-c2cc(N3CCN(c4ncccc4C(F)(F)F)CC3)nc(N3CCOCC3)n2)cn1. The van der Waals surface area contributed by atoms with Crippen LogP contribution in [0.15, 0.2) is 42.7 Å². The van der Waals surface area contributed by atoms with Gasteiger partial charge in [0.25, 0.3) is 0 Å². The van der Waals surface area contributed by atoms with E-state index in [1.807, 2.05) is 25.1 Å². The molecule has 0 spiro atoms. The van der Waals surface area contributed by atoms with Crippen LogP contribution >= 0.6 is 0 Å². The summed E-state index contributed by atoms with van der Waals surface area (Å²) in [6, 6.07) is 8.24. The summed E-state index contributed by atoms with van der Waals surface area (Å²) in [5, 5.41) is 0. The molecule has 0 aromatic carbocycles. The summed E-state index contributed by atoms with van der Waals surface area (Å²) < 4.78 is 45.9. The van der Waals surface area contributed by atoms with E-state index in [1.54, 1.807) is 11.1 Å². The lowest BCUT2D eigenvalue weighted by Crippen LogP contribution is -2.48. The van der Waals surface area contributed by atoms with Gasteiger partial charge in [-0.25, -0.2) is 9.97 Å². The summed E-state index contributed by atoms with van der Waals surface area (Å²) in [6.07, 6.45) is -1.25. The van der Waals surface area contributed by atoms with Gasteiger partial charge in [0, 0.05) is 69.0 Å². The van der Waals surface area contributed by atoms with E-state index in [0.29, 0.717) is 58.4 Å². The quantitative estimate of drug-likeness (QED) is 0.557. The number of rotatable bonds is 4. The Bertz CT molecular complexity index is 1160. The lowest BCUT2D eigenvalue weighted by molar-refractivity contribution is -0.137. The van der Waals surface area contributed by atoms with Crippen molar-refractivity contribution in [1.82, 2.24) is 19.9 Å². The molecule has 0 atom stereocenters. The number of pyridine rings is 2. The Morgan fingerprint density at radius 1 is 0.857 bits per heavy atom. The van der Waals surface area contributed by atoms with E-state index in [2.05, 4.69) is 19.8 Å². The monoisotopic (exact) mass is 485 g/mol. The minimum Gasteiger partial charge on any atom is -0.378 e. The first-order valence-electron chi connectivity index (χ1n) is 11.6. The number of anilines is 3. The van der Waals surface area contributed by atoms with Crippen molar-refractivity contribution in [3.63, 3.8) is 0 Å². The van der Waals surface area contributed by atoms with E-state index in [4.69, 9.17) is 14.7 Å². The largest absolute Gasteiger partial charge is 0.419 e. The lowest BCUT2D eigenvalue weighted by Gasteiger charge is -2.37. The van der Waals surface area contributed by atoms with E-state index >= 15 is 0 Å². The number of hydrogen-bond acceptors (Lipinski definition) is 8. The topological polar surface area (TPSA) is 70.5 Å². The first-order valence-corrected chi connectivity index (χ1v) is 11.6. The Hall–Kier alpha value is -3.47. The Morgan fingerprint density at radius 3 is 2.29 bits per heavy atom. The van der Waals surface area contributed by atoms with E-state index in [-0.39, 0.29) is 5.82 Å². The average Bonchev–Trinajstić information content (AvgIpc) is 2.89. The highest BCUT2D eigenvalue weighted by atomic mass is 19.4. The number of nitrogens with zero attached hydrogens (tertiary/aromatic N) is 7. The van der Waals surface area contributed by atoms with Gasteiger partial charge in [0.1, 0.15) is 11.6 Å². The molecule has 5 rings (SSSR count). The highest BCUT2D eigenvalue weighted by Crippen LogP contribution is 2.35. The van der Waals surface area contributed by atoms with Gasteiger partial charge in [-0.05, 0) is 31.2 Å². The Morgan fingerprint density at radius 2 is 1.60 bits per heavy atom. The predicted molar refractivity (Wildman–Crippen MR) is 127 cm³/mol. The number of ether oxygens (including phenoxy) is 1. The van der Waals surface area contributed by atoms with Gasteiger partial charge in [0.2, 0.25) is 5.95 Å². The molecule has 0 bridgehead atoms. The highest BCUT2D eigenvalue weighted by molar-refractivity contribution is 5.65. The molecule has 0 saturated carbocycles. The van der Waals surface area contributed by atoms with Crippen LogP contribution in [0.2, 0.25) is 0 Å². The van der Waals surface area contributed by atoms with Crippen LogP contribution in [0.25, 0.3) is 11.3 Å². The fourth-order valence-electron chi connectivity index (χ4n) is 4.27. The molecule has 11 heteroatoms. The molecular formula is C24H26F3N7O. The first-order chi connectivity index (χ1) is 16.9. The molecule has 35 heavy (non-hydrogen) atoms. The maximum Gasteiger partial charge on any atom is 0.419 e. The third-order valence-corrected chi connectivity index (χ3v) is 6.20. The third kappa shape index (κ3) is 5.14. The molecule has 0 aliphatic carbocycles. The fourth-order valence-corrected chi connectivity index (χ4v) is 4.27. The molecule has 8 nitrogen and oxygen atoms in total. The third-order valence-electron chi connectivity index (χ3n) is 6.20. The van der Waals surface area contributed by atoms with Crippen molar-refractivity contribution in [3.8, 4) is 11.3 Å². The van der Waals surface area contributed by atoms with Crippen LogP contribution in [-0.2, 0) is 10.9 Å². The summed E-state index contributed by atoms with van der Waals surface area (Å²) in [4.78, 5) is 23.9. The van der Waals surface area contributed by atoms with Gasteiger partial charge in [-0.1, -0.05) is 0 Å². The zero-order chi connectivity index (χ0) is 24.4. The minimum absolute atomic E-state index is 0.0252. The second kappa shape index (κ2) is 9.65. The summed E-state index contributed by atoms with van der Waals surface area (Å²) in [5.74, 6) is 1.34. The van der Waals surface area contributed by atoms with Gasteiger partial charge in [-0.2, -0.15) is 18.2 Å². The number of alkyl halides is 3. The number of piperazine rings is 1. The Kier molecular flexibility index (Phi) is 6.42. The molecule has 2 saturated heterocycles. The van der Waals surface area contributed by atoms with Crippen molar-refractivity contribution in [2.75, 3.05) is 67.2 Å². The molecule has 0 radical (unpaired) electrons. The van der Waals surface area contributed by atoms with Crippen molar-refractivity contribution in [2.45, 2.75) is 13.1 Å². The molecule has 0 amide bonds. The standard InChI is InChI=1S/C24H26F3N7O/c1-17-4-5-18(16-29-17)20-15-21(31-23(30-20)34-11-13-35-14-12-34)32-7-9-33(10-8-32)22-19(24(25,26)27)3-2-6-28-22/h2-6,15-16H,7-14H2,1H3. The van der Waals surface area contributed by atoms with Crippen molar-refractivity contribution in [1.29, 1.82) is 0 Å². The average molecular weight is 486 g/mol. The van der Waals surface area contributed by atoms with Crippen LogP contribution in [-0.4, -0.2) is 72.4 Å². The molecule has 184 valence electrons.